The van der Waals surface area contributed by atoms with Crippen molar-refractivity contribution in [2.75, 3.05) is 0 Å². The fraction of sp³-hybridized carbons (Fsp3) is 0.812. The van der Waals surface area contributed by atoms with E-state index in [9.17, 15) is 4.79 Å². The molecule has 2 aliphatic carbocycles. The van der Waals surface area contributed by atoms with Crippen LogP contribution in [0.1, 0.15) is 46.0 Å². The van der Waals surface area contributed by atoms with Gasteiger partial charge >= 0.3 is 5.97 Å². The van der Waals surface area contributed by atoms with Crippen molar-refractivity contribution >= 4 is 5.97 Å². The Morgan fingerprint density at radius 1 is 1.26 bits per heavy atom. The van der Waals surface area contributed by atoms with Crippen LogP contribution in [-0.2, 0) is 14.3 Å². The highest BCUT2D eigenvalue weighted by Gasteiger charge is 2.63. The molecular weight excluding hydrogens is 240 g/mol. The molecule has 0 spiro atoms. The third-order valence-corrected chi connectivity index (χ3v) is 6.14. The van der Waals surface area contributed by atoms with Crippen molar-refractivity contribution in [3.8, 4) is 0 Å². The van der Waals surface area contributed by atoms with Gasteiger partial charge in [-0.05, 0) is 50.4 Å². The molecule has 4 aliphatic rings. The molecule has 2 heterocycles. The first-order valence-electron chi connectivity index (χ1n) is 7.51. The Morgan fingerprint density at radius 2 is 2.05 bits per heavy atom. The maximum atomic E-state index is 11.8. The summed E-state index contributed by atoms with van der Waals surface area (Å²) < 4.78 is 11.5. The molecule has 0 aromatic carbocycles. The number of hydrogen-bond acceptors (Lipinski definition) is 3. The lowest BCUT2D eigenvalue weighted by molar-refractivity contribution is -0.140. The maximum Gasteiger partial charge on any atom is 0.334 e. The highest BCUT2D eigenvalue weighted by molar-refractivity contribution is 5.91. The number of rotatable bonds is 0. The van der Waals surface area contributed by atoms with E-state index >= 15 is 0 Å². The van der Waals surface area contributed by atoms with E-state index in [1.807, 2.05) is 0 Å². The number of carbonyl (C=O) groups excluding carboxylic acids is 1. The Morgan fingerprint density at radius 3 is 2.84 bits per heavy atom. The first kappa shape index (κ1) is 12.0. The normalized spacial score (nSPS) is 55.7. The maximum absolute atomic E-state index is 11.8. The van der Waals surface area contributed by atoms with E-state index in [-0.39, 0.29) is 29.7 Å². The van der Waals surface area contributed by atoms with Crippen molar-refractivity contribution in [1.82, 2.24) is 0 Å². The predicted octanol–water partition coefficient (Wildman–Crippen LogP) is 2.84. The van der Waals surface area contributed by atoms with Crippen LogP contribution < -0.4 is 0 Å². The van der Waals surface area contributed by atoms with Gasteiger partial charge in [0.25, 0.3) is 0 Å². The van der Waals surface area contributed by atoms with Crippen molar-refractivity contribution in [1.29, 1.82) is 0 Å². The fourth-order valence-electron chi connectivity index (χ4n) is 4.32. The lowest BCUT2D eigenvalue weighted by Crippen LogP contribution is -2.29. The molecule has 6 atom stereocenters. The predicted molar refractivity (Wildman–Crippen MR) is 70.5 cm³/mol. The highest BCUT2D eigenvalue weighted by atomic mass is 16.6. The summed E-state index contributed by atoms with van der Waals surface area (Å²) in [5.74, 6) is 0.831. The van der Waals surface area contributed by atoms with Gasteiger partial charge in [0, 0.05) is 11.5 Å². The molecule has 4 fully saturated rings. The third-order valence-electron chi connectivity index (χ3n) is 6.14. The minimum Gasteiger partial charge on any atom is -0.455 e. The summed E-state index contributed by atoms with van der Waals surface area (Å²) in [6, 6.07) is 0. The van der Waals surface area contributed by atoms with Gasteiger partial charge < -0.3 is 9.47 Å². The summed E-state index contributed by atoms with van der Waals surface area (Å²) in [6.45, 7) is 8.52. The molecule has 0 aromatic rings. The lowest BCUT2D eigenvalue weighted by Gasteiger charge is -2.21. The summed E-state index contributed by atoms with van der Waals surface area (Å²) in [6.07, 6.45) is 5.94. The van der Waals surface area contributed by atoms with E-state index in [1.165, 1.54) is 19.3 Å². The summed E-state index contributed by atoms with van der Waals surface area (Å²) in [5, 5.41) is 0. The van der Waals surface area contributed by atoms with Gasteiger partial charge in [-0.2, -0.15) is 0 Å². The average molecular weight is 262 g/mol. The van der Waals surface area contributed by atoms with Crippen molar-refractivity contribution in [2.45, 2.75) is 63.8 Å². The second kappa shape index (κ2) is 3.43. The quantitative estimate of drug-likeness (QED) is 0.383. The SMILES string of the molecule is C=C1C(=O)O[C@H]2C1CC[C@@]1(C)CC1CC[C@@]1(C)OC21. The minimum absolute atomic E-state index is 0.0609. The van der Waals surface area contributed by atoms with Gasteiger partial charge in [-0.1, -0.05) is 13.5 Å². The van der Waals surface area contributed by atoms with Crippen LogP contribution in [0.25, 0.3) is 0 Å². The smallest absolute Gasteiger partial charge is 0.334 e. The zero-order valence-electron chi connectivity index (χ0n) is 11.8. The molecule has 0 radical (unpaired) electrons. The molecule has 104 valence electrons. The number of fused-ring (bicyclic) bond motifs is 4. The van der Waals surface area contributed by atoms with Crippen LogP contribution in [0, 0.1) is 17.3 Å². The largest absolute Gasteiger partial charge is 0.455 e. The van der Waals surface area contributed by atoms with Gasteiger partial charge in [0.1, 0.15) is 12.2 Å². The first-order chi connectivity index (χ1) is 8.93. The van der Waals surface area contributed by atoms with Gasteiger partial charge in [-0.3, -0.25) is 0 Å². The first-order valence-corrected chi connectivity index (χ1v) is 7.51. The van der Waals surface area contributed by atoms with Crippen LogP contribution in [0.5, 0.6) is 0 Å². The summed E-state index contributed by atoms with van der Waals surface area (Å²) in [4.78, 5) is 11.8. The molecule has 0 bridgehead atoms. The standard InChI is InChI=1S/C16H22O3/c1-9-11-5-6-15(2)8-10(15)4-7-16(3)13(19-16)12(11)18-14(9)17/h10-13H,1,4-8H2,2-3H3/t10?,11?,12-,13?,15-,16+/m0/s1. The van der Waals surface area contributed by atoms with E-state index in [1.54, 1.807) is 0 Å². The number of hydrogen-bond donors (Lipinski definition) is 0. The van der Waals surface area contributed by atoms with E-state index in [0.717, 1.165) is 18.8 Å². The zero-order valence-corrected chi connectivity index (χ0v) is 11.8. The van der Waals surface area contributed by atoms with Gasteiger partial charge in [0.2, 0.25) is 0 Å². The van der Waals surface area contributed by atoms with E-state index in [0.29, 0.717) is 11.0 Å². The van der Waals surface area contributed by atoms with Crippen molar-refractivity contribution in [2.24, 2.45) is 17.3 Å². The third kappa shape index (κ3) is 1.63. The van der Waals surface area contributed by atoms with Crippen LogP contribution in [0.2, 0.25) is 0 Å². The van der Waals surface area contributed by atoms with E-state index < -0.39 is 0 Å². The van der Waals surface area contributed by atoms with E-state index in [2.05, 4.69) is 20.4 Å². The van der Waals surface area contributed by atoms with Gasteiger partial charge in [-0.15, -0.1) is 0 Å². The summed E-state index contributed by atoms with van der Waals surface area (Å²) >= 11 is 0. The summed E-state index contributed by atoms with van der Waals surface area (Å²) in [5.41, 5.74) is 1.10. The fourth-order valence-corrected chi connectivity index (χ4v) is 4.32. The molecular formula is C16H22O3. The molecule has 0 amide bonds. The van der Waals surface area contributed by atoms with Crippen molar-refractivity contribution in [3.05, 3.63) is 12.2 Å². The average Bonchev–Trinajstić information content (AvgIpc) is 3.18. The van der Waals surface area contributed by atoms with Gasteiger partial charge in [0.05, 0.1) is 5.60 Å². The minimum atomic E-state index is -0.204. The van der Waals surface area contributed by atoms with Crippen molar-refractivity contribution in [3.63, 3.8) is 0 Å². The summed E-state index contributed by atoms with van der Waals surface area (Å²) in [7, 11) is 0. The lowest BCUT2D eigenvalue weighted by atomic mass is 9.81. The molecule has 4 rings (SSSR count). The number of epoxide rings is 1. The number of ether oxygens (including phenoxy) is 2. The molecule has 2 saturated carbocycles. The van der Waals surface area contributed by atoms with Crippen LogP contribution in [0.3, 0.4) is 0 Å². The Hall–Kier alpha value is -0.830. The Kier molecular flexibility index (Phi) is 2.16. The molecule has 0 N–H and O–H groups in total. The molecule has 3 unspecified atom stereocenters. The van der Waals surface area contributed by atoms with E-state index in [4.69, 9.17) is 9.47 Å². The van der Waals surface area contributed by atoms with Crippen LogP contribution in [0.4, 0.5) is 0 Å². The number of carbonyl (C=O) groups is 1. The Labute approximate surface area is 114 Å². The van der Waals surface area contributed by atoms with Crippen LogP contribution in [-0.4, -0.2) is 23.8 Å². The monoisotopic (exact) mass is 262 g/mol. The highest BCUT2D eigenvalue weighted by Crippen LogP contribution is 2.61. The molecule has 3 heteroatoms. The topological polar surface area (TPSA) is 38.8 Å². The van der Waals surface area contributed by atoms with Gasteiger partial charge in [0.15, 0.2) is 0 Å². The molecule has 2 aliphatic heterocycles. The van der Waals surface area contributed by atoms with Gasteiger partial charge in [-0.25, -0.2) is 4.79 Å². The van der Waals surface area contributed by atoms with Crippen LogP contribution >= 0.6 is 0 Å². The molecule has 0 aromatic heterocycles. The Balaban J connectivity index is 1.62. The Bertz CT molecular complexity index is 471. The van der Waals surface area contributed by atoms with Crippen molar-refractivity contribution < 1.29 is 14.3 Å². The van der Waals surface area contributed by atoms with Crippen LogP contribution in [0.15, 0.2) is 12.2 Å². The second-order valence-corrected chi connectivity index (χ2v) is 7.49. The molecule has 3 nitrogen and oxygen atoms in total. The zero-order chi connectivity index (χ0) is 13.4. The second-order valence-electron chi connectivity index (χ2n) is 7.49. The molecule has 2 saturated heterocycles. The molecule has 19 heavy (non-hydrogen) atoms. The number of esters is 1.